The summed E-state index contributed by atoms with van der Waals surface area (Å²) in [7, 11) is 0. The van der Waals surface area contributed by atoms with Gasteiger partial charge in [-0.3, -0.25) is 9.59 Å². The molecule has 0 saturated carbocycles. The fraction of sp³-hybridized carbons (Fsp3) is 0.238. The SMILES string of the molecule is Cc1cc(=O)c(-c2c[nH]c(CCc3cccc(C(F)(F)F)c3)cc2=O)c(C)[nH]1. The highest BCUT2D eigenvalue weighted by atomic mass is 19.4. The molecular formula is C21H19F3N2O2. The van der Waals surface area contributed by atoms with E-state index < -0.39 is 11.7 Å². The van der Waals surface area contributed by atoms with Crippen molar-refractivity contribution in [1.82, 2.24) is 9.97 Å². The lowest BCUT2D eigenvalue weighted by Gasteiger charge is -2.09. The van der Waals surface area contributed by atoms with Crippen molar-refractivity contribution < 1.29 is 13.2 Å². The minimum absolute atomic E-state index is 0.240. The number of hydrogen-bond acceptors (Lipinski definition) is 2. The molecule has 2 heterocycles. The minimum atomic E-state index is -4.38. The molecule has 2 aromatic heterocycles. The lowest BCUT2D eigenvalue weighted by molar-refractivity contribution is -0.137. The van der Waals surface area contributed by atoms with E-state index in [1.165, 1.54) is 24.4 Å². The molecule has 0 unspecified atom stereocenters. The third-order valence-electron chi connectivity index (χ3n) is 4.53. The zero-order valence-electron chi connectivity index (χ0n) is 15.4. The van der Waals surface area contributed by atoms with E-state index in [2.05, 4.69) is 9.97 Å². The third-order valence-corrected chi connectivity index (χ3v) is 4.53. The van der Waals surface area contributed by atoms with Gasteiger partial charge < -0.3 is 9.97 Å². The zero-order valence-corrected chi connectivity index (χ0v) is 15.4. The Morgan fingerprint density at radius 1 is 0.964 bits per heavy atom. The molecular weight excluding hydrogens is 369 g/mol. The molecule has 2 N–H and O–H groups in total. The van der Waals surface area contributed by atoms with Gasteiger partial charge in [0.1, 0.15) is 0 Å². The summed E-state index contributed by atoms with van der Waals surface area (Å²) in [5.41, 5.74) is 1.78. The van der Waals surface area contributed by atoms with Crippen LogP contribution in [0.2, 0.25) is 0 Å². The second-order valence-electron chi connectivity index (χ2n) is 6.75. The van der Waals surface area contributed by atoms with E-state index in [0.29, 0.717) is 41.1 Å². The van der Waals surface area contributed by atoms with Gasteiger partial charge in [-0.05, 0) is 38.3 Å². The summed E-state index contributed by atoms with van der Waals surface area (Å²) in [5.74, 6) is 0. The molecule has 0 aliphatic rings. The van der Waals surface area contributed by atoms with Crippen molar-refractivity contribution in [3.63, 3.8) is 0 Å². The zero-order chi connectivity index (χ0) is 20.5. The van der Waals surface area contributed by atoms with Crippen molar-refractivity contribution in [3.8, 4) is 11.1 Å². The lowest BCUT2D eigenvalue weighted by Crippen LogP contribution is -2.16. The first-order valence-electron chi connectivity index (χ1n) is 8.74. The third kappa shape index (κ3) is 4.24. The van der Waals surface area contributed by atoms with Gasteiger partial charge in [-0.2, -0.15) is 13.2 Å². The molecule has 28 heavy (non-hydrogen) atoms. The number of aryl methyl sites for hydroxylation is 4. The van der Waals surface area contributed by atoms with E-state index in [9.17, 15) is 22.8 Å². The highest BCUT2D eigenvalue weighted by Crippen LogP contribution is 2.29. The van der Waals surface area contributed by atoms with Crippen LogP contribution in [0, 0.1) is 13.8 Å². The van der Waals surface area contributed by atoms with Crippen LogP contribution in [0.25, 0.3) is 11.1 Å². The van der Waals surface area contributed by atoms with Crippen LogP contribution in [0.4, 0.5) is 13.2 Å². The maximum Gasteiger partial charge on any atom is 0.416 e. The molecule has 0 atom stereocenters. The van der Waals surface area contributed by atoms with Crippen molar-refractivity contribution in [2.24, 2.45) is 0 Å². The first-order chi connectivity index (χ1) is 13.1. The van der Waals surface area contributed by atoms with Crippen LogP contribution in [0.5, 0.6) is 0 Å². The molecule has 0 aliphatic heterocycles. The van der Waals surface area contributed by atoms with Gasteiger partial charge in [-0.25, -0.2) is 0 Å². The van der Waals surface area contributed by atoms with Crippen LogP contribution in [-0.2, 0) is 19.0 Å². The van der Waals surface area contributed by atoms with Crippen molar-refractivity contribution in [3.05, 3.63) is 91.3 Å². The second-order valence-corrected chi connectivity index (χ2v) is 6.75. The average molecular weight is 388 g/mol. The van der Waals surface area contributed by atoms with Crippen LogP contribution in [0.3, 0.4) is 0 Å². The van der Waals surface area contributed by atoms with E-state index in [1.807, 2.05) is 0 Å². The molecule has 146 valence electrons. The molecule has 1 aromatic carbocycles. The molecule has 0 aliphatic carbocycles. The van der Waals surface area contributed by atoms with Crippen LogP contribution in [0.15, 0.2) is 52.2 Å². The number of rotatable bonds is 4. The first kappa shape index (κ1) is 19.7. The van der Waals surface area contributed by atoms with E-state index in [1.54, 1.807) is 19.9 Å². The number of alkyl halides is 3. The summed E-state index contributed by atoms with van der Waals surface area (Å²) in [6, 6.07) is 7.96. The van der Waals surface area contributed by atoms with Gasteiger partial charge in [-0.15, -0.1) is 0 Å². The monoisotopic (exact) mass is 388 g/mol. The maximum absolute atomic E-state index is 12.8. The summed E-state index contributed by atoms with van der Waals surface area (Å²) in [6.07, 6.45) is -2.18. The largest absolute Gasteiger partial charge is 0.416 e. The van der Waals surface area contributed by atoms with Gasteiger partial charge in [0.05, 0.1) is 16.7 Å². The Bertz CT molecular complexity index is 1130. The highest BCUT2D eigenvalue weighted by molar-refractivity contribution is 5.64. The molecule has 0 radical (unpaired) electrons. The maximum atomic E-state index is 12.8. The molecule has 0 saturated heterocycles. The Morgan fingerprint density at radius 3 is 2.36 bits per heavy atom. The average Bonchev–Trinajstić information content (AvgIpc) is 2.60. The van der Waals surface area contributed by atoms with Gasteiger partial charge in [0.15, 0.2) is 10.9 Å². The quantitative estimate of drug-likeness (QED) is 0.705. The van der Waals surface area contributed by atoms with E-state index in [-0.39, 0.29) is 16.4 Å². The van der Waals surface area contributed by atoms with E-state index in [0.717, 1.165) is 12.1 Å². The van der Waals surface area contributed by atoms with Gasteiger partial charge in [0.25, 0.3) is 0 Å². The molecule has 0 fully saturated rings. The minimum Gasteiger partial charge on any atom is -0.364 e. The van der Waals surface area contributed by atoms with Gasteiger partial charge in [-0.1, -0.05) is 18.2 Å². The van der Waals surface area contributed by atoms with Gasteiger partial charge >= 0.3 is 6.18 Å². The molecule has 0 bridgehead atoms. The topological polar surface area (TPSA) is 65.7 Å². The van der Waals surface area contributed by atoms with E-state index in [4.69, 9.17) is 0 Å². The van der Waals surface area contributed by atoms with Crippen LogP contribution < -0.4 is 10.9 Å². The number of hydrogen-bond donors (Lipinski definition) is 2. The summed E-state index contributed by atoms with van der Waals surface area (Å²) >= 11 is 0. The number of aromatic amines is 2. The Balaban J connectivity index is 1.83. The van der Waals surface area contributed by atoms with Crippen LogP contribution in [0.1, 0.15) is 28.2 Å². The Labute approximate surface area is 159 Å². The highest BCUT2D eigenvalue weighted by Gasteiger charge is 2.30. The summed E-state index contributed by atoms with van der Waals surface area (Å²) in [6.45, 7) is 3.49. The standard InChI is InChI=1S/C21H19F3N2O2/c1-12-8-19(28)20(13(2)26-12)17-11-25-16(10-18(17)27)7-6-14-4-3-5-15(9-14)21(22,23)24/h3-5,8-11H,6-7H2,1-2H3,(H,25,27)(H,26,28). The molecule has 3 aromatic rings. The predicted molar refractivity (Wildman–Crippen MR) is 101 cm³/mol. The summed E-state index contributed by atoms with van der Waals surface area (Å²) < 4.78 is 38.4. The van der Waals surface area contributed by atoms with E-state index >= 15 is 0 Å². The fourth-order valence-electron chi connectivity index (χ4n) is 3.22. The predicted octanol–water partition coefficient (Wildman–Crippen LogP) is 4.15. The van der Waals surface area contributed by atoms with Crippen molar-refractivity contribution in [2.45, 2.75) is 32.9 Å². The van der Waals surface area contributed by atoms with Crippen LogP contribution >= 0.6 is 0 Å². The van der Waals surface area contributed by atoms with Crippen molar-refractivity contribution >= 4 is 0 Å². The molecule has 7 heteroatoms. The number of benzene rings is 1. The first-order valence-corrected chi connectivity index (χ1v) is 8.74. The molecule has 4 nitrogen and oxygen atoms in total. The van der Waals surface area contributed by atoms with Crippen LogP contribution in [-0.4, -0.2) is 9.97 Å². The second kappa shape index (κ2) is 7.50. The number of halogens is 3. The van der Waals surface area contributed by atoms with Gasteiger partial charge in [0, 0.05) is 35.4 Å². The number of aromatic nitrogens is 2. The number of H-pyrrole nitrogens is 2. The normalized spacial score (nSPS) is 11.6. The molecule has 0 spiro atoms. The molecule has 3 rings (SSSR count). The van der Waals surface area contributed by atoms with Gasteiger partial charge in [0.2, 0.25) is 0 Å². The Hall–Kier alpha value is -3.09. The number of nitrogens with one attached hydrogen (secondary N) is 2. The lowest BCUT2D eigenvalue weighted by atomic mass is 10.0. The Morgan fingerprint density at radius 2 is 1.71 bits per heavy atom. The van der Waals surface area contributed by atoms with Crippen molar-refractivity contribution in [1.29, 1.82) is 0 Å². The van der Waals surface area contributed by atoms with Crippen molar-refractivity contribution in [2.75, 3.05) is 0 Å². The summed E-state index contributed by atoms with van der Waals surface area (Å²) in [4.78, 5) is 30.8. The Kier molecular flexibility index (Phi) is 5.27. The smallest absolute Gasteiger partial charge is 0.364 e. The molecule has 0 amide bonds. The summed E-state index contributed by atoms with van der Waals surface area (Å²) in [5, 5.41) is 0. The fourth-order valence-corrected chi connectivity index (χ4v) is 3.22. The number of pyridine rings is 2.